The third kappa shape index (κ3) is 3.60. The third-order valence-electron chi connectivity index (χ3n) is 5.77. The Bertz CT molecular complexity index is 1130. The van der Waals surface area contributed by atoms with Gasteiger partial charge in [0.05, 0.1) is 31.1 Å². The maximum atomic E-state index is 13.2. The zero-order valence-corrected chi connectivity index (χ0v) is 18.8. The number of aromatic nitrogens is 2. The maximum absolute atomic E-state index is 13.2. The molecule has 1 N–H and O–H groups in total. The van der Waals surface area contributed by atoms with Crippen LogP contribution >= 0.6 is 11.6 Å². The summed E-state index contributed by atoms with van der Waals surface area (Å²) in [6, 6.07) is 7.40. The number of ether oxygens (including phenoxy) is 2. The van der Waals surface area contributed by atoms with Crippen LogP contribution in [0.25, 0.3) is 22.4 Å². The van der Waals surface area contributed by atoms with Gasteiger partial charge in [-0.25, -0.2) is 9.78 Å². The smallest absolute Gasteiger partial charge is 0.340 e. The number of hydrogen-bond donors (Lipinski definition) is 1. The summed E-state index contributed by atoms with van der Waals surface area (Å²) < 4.78 is 13.3. The Labute approximate surface area is 186 Å². The average molecular weight is 441 g/mol. The van der Waals surface area contributed by atoms with Crippen molar-refractivity contribution >= 4 is 17.6 Å². The molecule has 162 valence electrons. The molecule has 0 amide bonds. The molecule has 0 saturated carbocycles. The van der Waals surface area contributed by atoms with Crippen LogP contribution in [0.4, 0.5) is 0 Å². The monoisotopic (exact) mass is 440 g/mol. The van der Waals surface area contributed by atoms with Crippen molar-refractivity contribution in [2.24, 2.45) is 0 Å². The Morgan fingerprint density at radius 3 is 2.71 bits per heavy atom. The van der Waals surface area contributed by atoms with Crippen LogP contribution in [-0.2, 0) is 17.7 Å². The average Bonchev–Trinajstić information content (AvgIpc) is 3.06. The fraction of sp³-hybridized carbons (Fsp3) is 0.333. The normalized spacial score (nSPS) is 13.4. The van der Waals surface area contributed by atoms with E-state index in [1.807, 2.05) is 25.1 Å². The Kier molecular flexibility index (Phi) is 5.77. The number of benzene rings is 1. The standard InChI is InChI=1S/C24H25ClN2O4/c1-5-31-24(29)22-20(16-6-7-19(25)26-12-16)13(2)27-9-8-15-10-17(14(3)28)11-18(30-4)21(15)23(22)27/h6-7,10-12,14,28H,5,8-9H2,1-4H3. The lowest BCUT2D eigenvalue weighted by Gasteiger charge is -2.25. The predicted molar refractivity (Wildman–Crippen MR) is 120 cm³/mol. The summed E-state index contributed by atoms with van der Waals surface area (Å²) >= 11 is 5.99. The van der Waals surface area contributed by atoms with Gasteiger partial charge in [-0.15, -0.1) is 0 Å². The molecule has 1 atom stereocenters. The van der Waals surface area contributed by atoms with Crippen molar-refractivity contribution in [2.45, 2.75) is 39.8 Å². The van der Waals surface area contributed by atoms with Gasteiger partial charge in [-0.05, 0) is 56.5 Å². The first-order chi connectivity index (χ1) is 14.9. The molecule has 0 bridgehead atoms. The van der Waals surface area contributed by atoms with Crippen molar-refractivity contribution in [3.8, 4) is 28.1 Å². The van der Waals surface area contributed by atoms with Gasteiger partial charge in [0, 0.05) is 35.1 Å². The molecule has 1 unspecified atom stereocenters. The highest BCUT2D eigenvalue weighted by Gasteiger charge is 2.33. The predicted octanol–water partition coefficient (Wildman–Crippen LogP) is 4.97. The minimum absolute atomic E-state index is 0.270. The fourth-order valence-corrected chi connectivity index (χ4v) is 4.46. The lowest BCUT2D eigenvalue weighted by Crippen LogP contribution is -2.16. The van der Waals surface area contributed by atoms with E-state index in [9.17, 15) is 9.90 Å². The molecule has 0 saturated heterocycles. The second kappa shape index (κ2) is 8.36. The van der Waals surface area contributed by atoms with E-state index in [0.717, 1.165) is 45.6 Å². The molecule has 1 aliphatic rings. The van der Waals surface area contributed by atoms with E-state index in [0.29, 0.717) is 23.0 Å². The van der Waals surface area contributed by atoms with Crippen LogP contribution in [0.15, 0.2) is 30.5 Å². The van der Waals surface area contributed by atoms with Crippen molar-refractivity contribution in [1.29, 1.82) is 0 Å². The number of fused-ring (bicyclic) bond motifs is 3. The molecular weight excluding hydrogens is 416 g/mol. The molecule has 3 heterocycles. The molecule has 7 heteroatoms. The van der Waals surface area contributed by atoms with Gasteiger partial charge in [0.25, 0.3) is 0 Å². The van der Waals surface area contributed by atoms with Gasteiger partial charge in [0.2, 0.25) is 0 Å². The summed E-state index contributed by atoms with van der Waals surface area (Å²) in [7, 11) is 1.60. The number of rotatable bonds is 5. The number of aryl methyl sites for hydroxylation is 1. The molecule has 4 rings (SSSR count). The number of halogens is 1. The van der Waals surface area contributed by atoms with Crippen LogP contribution in [0.3, 0.4) is 0 Å². The van der Waals surface area contributed by atoms with E-state index in [2.05, 4.69) is 9.55 Å². The molecule has 1 aromatic carbocycles. The minimum Gasteiger partial charge on any atom is -0.496 e. The molecule has 0 spiro atoms. The molecule has 3 aromatic rings. The molecule has 1 aliphatic heterocycles. The van der Waals surface area contributed by atoms with Crippen LogP contribution in [0.1, 0.15) is 47.1 Å². The number of carbonyl (C=O) groups is 1. The fourth-order valence-electron chi connectivity index (χ4n) is 4.35. The van der Waals surface area contributed by atoms with Crippen molar-refractivity contribution in [2.75, 3.05) is 13.7 Å². The number of carbonyl (C=O) groups excluding carboxylic acids is 1. The van der Waals surface area contributed by atoms with Gasteiger partial charge >= 0.3 is 5.97 Å². The first kappa shape index (κ1) is 21.4. The van der Waals surface area contributed by atoms with E-state index in [1.54, 1.807) is 33.2 Å². The number of esters is 1. The van der Waals surface area contributed by atoms with E-state index < -0.39 is 6.10 Å². The van der Waals surface area contributed by atoms with Gasteiger partial charge in [0.1, 0.15) is 10.9 Å². The molecule has 0 radical (unpaired) electrons. The molecule has 2 aromatic heterocycles. The number of nitrogens with zero attached hydrogens (tertiary/aromatic N) is 2. The van der Waals surface area contributed by atoms with Gasteiger partial charge < -0.3 is 19.1 Å². The first-order valence-corrected chi connectivity index (χ1v) is 10.7. The maximum Gasteiger partial charge on any atom is 0.340 e. The summed E-state index contributed by atoms with van der Waals surface area (Å²) in [5, 5.41) is 10.5. The zero-order chi connectivity index (χ0) is 22.3. The van der Waals surface area contributed by atoms with Crippen molar-refractivity contribution in [1.82, 2.24) is 9.55 Å². The highest BCUT2D eigenvalue weighted by Crippen LogP contribution is 2.46. The lowest BCUT2D eigenvalue weighted by molar-refractivity contribution is 0.0528. The summed E-state index contributed by atoms with van der Waals surface area (Å²) in [5.41, 5.74) is 6.48. The number of methoxy groups -OCH3 is 1. The van der Waals surface area contributed by atoms with E-state index in [-0.39, 0.29) is 12.6 Å². The van der Waals surface area contributed by atoms with Crippen molar-refractivity contribution < 1.29 is 19.4 Å². The second-order valence-corrected chi connectivity index (χ2v) is 8.00. The Morgan fingerprint density at radius 2 is 2.10 bits per heavy atom. The highest BCUT2D eigenvalue weighted by molar-refractivity contribution is 6.29. The van der Waals surface area contributed by atoms with E-state index in [4.69, 9.17) is 21.1 Å². The third-order valence-corrected chi connectivity index (χ3v) is 5.99. The molecule has 6 nitrogen and oxygen atoms in total. The molecule has 31 heavy (non-hydrogen) atoms. The SMILES string of the molecule is CCOC(=O)c1c(-c2ccc(Cl)nc2)c(C)n2c1-c1c(cc(C(C)O)cc1OC)CC2. The largest absolute Gasteiger partial charge is 0.496 e. The number of aliphatic hydroxyl groups is 1. The molecular formula is C24H25ClN2O4. The summed E-state index contributed by atoms with van der Waals surface area (Å²) in [6.07, 6.45) is 1.82. The lowest BCUT2D eigenvalue weighted by atomic mass is 9.91. The van der Waals surface area contributed by atoms with Gasteiger partial charge in [0.15, 0.2) is 0 Å². The van der Waals surface area contributed by atoms with Crippen LogP contribution < -0.4 is 4.74 Å². The summed E-state index contributed by atoms with van der Waals surface area (Å²) in [4.78, 5) is 17.4. The van der Waals surface area contributed by atoms with Crippen LogP contribution in [0.5, 0.6) is 5.75 Å². The van der Waals surface area contributed by atoms with E-state index in [1.165, 1.54) is 0 Å². The quantitative estimate of drug-likeness (QED) is 0.447. The second-order valence-electron chi connectivity index (χ2n) is 7.61. The minimum atomic E-state index is -0.616. The van der Waals surface area contributed by atoms with Crippen molar-refractivity contribution in [3.05, 3.63) is 58.0 Å². The van der Waals surface area contributed by atoms with Gasteiger partial charge in [-0.1, -0.05) is 17.7 Å². The highest BCUT2D eigenvalue weighted by atomic mass is 35.5. The Morgan fingerprint density at radius 1 is 1.32 bits per heavy atom. The Balaban J connectivity index is 2.05. The first-order valence-electron chi connectivity index (χ1n) is 10.3. The van der Waals surface area contributed by atoms with Crippen LogP contribution in [-0.4, -0.2) is 34.3 Å². The van der Waals surface area contributed by atoms with Crippen LogP contribution in [0.2, 0.25) is 5.15 Å². The van der Waals surface area contributed by atoms with Crippen LogP contribution in [0, 0.1) is 6.92 Å². The van der Waals surface area contributed by atoms with E-state index >= 15 is 0 Å². The Hall–Kier alpha value is -2.83. The van der Waals surface area contributed by atoms with Crippen molar-refractivity contribution in [3.63, 3.8) is 0 Å². The topological polar surface area (TPSA) is 73.6 Å². The number of aliphatic hydroxyl groups excluding tert-OH is 1. The number of hydrogen-bond acceptors (Lipinski definition) is 5. The summed E-state index contributed by atoms with van der Waals surface area (Å²) in [6.45, 7) is 6.49. The molecule has 0 fully saturated rings. The zero-order valence-electron chi connectivity index (χ0n) is 18.0. The number of pyridine rings is 1. The van der Waals surface area contributed by atoms with Gasteiger partial charge in [-0.2, -0.15) is 0 Å². The summed E-state index contributed by atoms with van der Waals surface area (Å²) in [5.74, 6) is 0.233. The van der Waals surface area contributed by atoms with Gasteiger partial charge in [-0.3, -0.25) is 0 Å². The molecule has 0 aliphatic carbocycles.